The van der Waals surface area contributed by atoms with E-state index in [-0.39, 0.29) is 11.3 Å². The molecular formula is C12H19N3O2S. The van der Waals surface area contributed by atoms with Gasteiger partial charge in [0.2, 0.25) is 10.0 Å². The smallest absolute Gasteiger partial charge is 0.216 e. The Morgan fingerprint density at radius 2 is 2.17 bits per heavy atom. The number of pyridine rings is 1. The van der Waals surface area contributed by atoms with Gasteiger partial charge in [0, 0.05) is 25.0 Å². The van der Waals surface area contributed by atoms with E-state index in [0.717, 1.165) is 24.9 Å². The van der Waals surface area contributed by atoms with Crippen molar-refractivity contribution in [2.45, 2.75) is 31.1 Å². The van der Waals surface area contributed by atoms with Gasteiger partial charge < -0.3 is 5.32 Å². The summed E-state index contributed by atoms with van der Waals surface area (Å²) < 4.78 is 27.2. The van der Waals surface area contributed by atoms with Crippen molar-refractivity contribution in [3.05, 3.63) is 30.1 Å². The quantitative estimate of drug-likeness (QED) is 0.848. The Balaban J connectivity index is 2.03. The molecular weight excluding hydrogens is 250 g/mol. The Hall–Kier alpha value is -0.980. The highest BCUT2D eigenvalue weighted by molar-refractivity contribution is 7.90. The molecule has 2 unspecified atom stereocenters. The first kappa shape index (κ1) is 13.5. The number of nitrogens with one attached hydrogen (secondary N) is 2. The van der Waals surface area contributed by atoms with Gasteiger partial charge >= 0.3 is 0 Å². The highest BCUT2D eigenvalue weighted by Crippen LogP contribution is 2.16. The van der Waals surface area contributed by atoms with Gasteiger partial charge in [-0.05, 0) is 44.0 Å². The number of hydrogen-bond acceptors (Lipinski definition) is 4. The first-order valence-electron chi connectivity index (χ1n) is 6.21. The predicted molar refractivity (Wildman–Crippen MR) is 70.6 cm³/mol. The second-order valence-corrected chi connectivity index (χ2v) is 6.63. The lowest BCUT2D eigenvalue weighted by Crippen LogP contribution is -2.44. The van der Waals surface area contributed by atoms with Gasteiger partial charge in [-0.1, -0.05) is 0 Å². The van der Waals surface area contributed by atoms with Crippen LogP contribution in [0.25, 0.3) is 0 Å². The van der Waals surface area contributed by atoms with E-state index in [9.17, 15) is 8.42 Å². The average molecular weight is 269 g/mol. The van der Waals surface area contributed by atoms with Gasteiger partial charge in [0.1, 0.15) is 0 Å². The largest absolute Gasteiger partial charge is 0.315 e. The summed E-state index contributed by atoms with van der Waals surface area (Å²) in [6.45, 7) is 3.30. The molecule has 2 rings (SSSR count). The zero-order valence-corrected chi connectivity index (χ0v) is 11.3. The van der Waals surface area contributed by atoms with Crippen LogP contribution in [0.3, 0.4) is 0 Å². The van der Waals surface area contributed by atoms with Gasteiger partial charge in [0.25, 0.3) is 0 Å². The van der Waals surface area contributed by atoms with Gasteiger partial charge in [0.15, 0.2) is 0 Å². The molecule has 100 valence electrons. The number of rotatable bonds is 4. The molecule has 1 aliphatic rings. The molecule has 2 heterocycles. The monoisotopic (exact) mass is 269 g/mol. The van der Waals surface area contributed by atoms with Crippen molar-refractivity contribution in [3.63, 3.8) is 0 Å². The van der Waals surface area contributed by atoms with Crippen molar-refractivity contribution in [2.24, 2.45) is 0 Å². The van der Waals surface area contributed by atoms with Gasteiger partial charge in [0.05, 0.1) is 5.25 Å². The molecule has 0 aliphatic carbocycles. The summed E-state index contributed by atoms with van der Waals surface area (Å²) >= 11 is 0. The summed E-state index contributed by atoms with van der Waals surface area (Å²) in [4.78, 5) is 3.93. The molecule has 1 aliphatic heterocycles. The number of sulfonamides is 1. The molecule has 0 spiro atoms. The fraction of sp³-hybridized carbons (Fsp3) is 0.583. The fourth-order valence-electron chi connectivity index (χ4n) is 2.15. The standard InChI is InChI=1S/C12H19N3O2S/c1-10(11-4-7-13-8-5-11)15-18(16,17)12-3-2-6-14-9-12/h4-5,7-8,10,12,14-15H,2-3,6,9H2,1H3. The number of piperidine rings is 1. The molecule has 0 radical (unpaired) electrons. The van der Waals surface area contributed by atoms with Crippen LogP contribution in [0.5, 0.6) is 0 Å². The van der Waals surface area contributed by atoms with E-state index in [0.29, 0.717) is 6.54 Å². The number of aromatic nitrogens is 1. The average Bonchev–Trinajstić information content (AvgIpc) is 2.40. The van der Waals surface area contributed by atoms with Crippen molar-refractivity contribution < 1.29 is 8.42 Å². The third kappa shape index (κ3) is 3.28. The molecule has 1 aromatic rings. The normalized spacial score (nSPS) is 22.6. The molecule has 1 saturated heterocycles. The summed E-state index contributed by atoms with van der Waals surface area (Å²) in [5, 5.41) is 2.80. The minimum absolute atomic E-state index is 0.222. The van der Waals surface area contributed by atoms with Crippen LogP contribution in [-0.4, -0.2) is 31.7 Å². The predicted octanol–water partition coefficient (Wildman–Crippen LogP) is 0.814. The van der Waals surface area contributed by atoms with E-state index >= 15 is 0 Å². The maximum absolute atomic E-state index is 12.2. The van der Waals surface area contributed by atoms with E-state index in [4.69, 9.17) is 0 Å². The van der Waals surface area contributed by atoms with Crippen molar-refractivity contribution in [1.82, 2.24) is 15.0 Å². The second kappa shape index (κ2) is 5.77. The van der Waals surface area contributed by atoms with Crippen molar-refractivity contribution >= 4 is 10.0 Å². The van der Waals surface area contributed by atoms with Crippen LogP contribution < -0.4 is 10.0 Å². The maximum atomic E-state index is 12.2. The summed E-state index contributed by atoms with van der Waals surface area (Å²) in [6.07, 6.45) is 4.98. The zero-order chi connectivity index (χ0) is 13.0. The number of nitrogens with zero attached hydrogens (tertiary/aromatic N) is 1. The molecule has 18 heavy (non-hydrogen) atoms. The molecule has 1 fully saturated rings. The summed E-state index contributed by atoms with van der Waals surface area (Å²) in [5.74, 6) is 0. The first-order chi connectivity index (χ1) is 8.59. The van der Waals surface area contributed by atoms with E-state index < -0.39 is 10.0 Å². The Labute approximate surface area is 108 Å². The van der Waals surface area contributed by atoms with Crippen LogP contribution in [0.4, 0.5) is 0 Å². The Morgan fingerprint density at radius 3 is 2.78 bits per heavy atom. The lowest BCUT2D eigenvalue weighted by Gasteiger charge is -2.25. The van der Waals surface area contributed by atoms with Gasteiger partial charge in [-0.15, -0.1) is 0 Å². The van der Waals surface area contributed by atoms with Crippen LogP contribution in [0.1, 0.15) is 31.4 Å². The summed E-state index contributed by atoms with van der Waals surface area (Å²) in [7, 11) is -3.26. The van der Waals surface area contributed by atoms with Gasteiger partial charge in [-0.25, -0.2) is 13.1 Å². The summed E-state index contributed by atoms with van der Waals surface area (Å²) in [5.41, 5.74) is 0.928. The first-order valence-corrected chi connectivity index (χ1v) is 7.76. The lowest BCUT2D eigenvalue weighted by molar-refractivity contribution is 0.485. The molecule has 0 saturated carbocycles. The fourth-order valence-corrected chi connectivity index (χ4v) is 3.78. The van der Waals surface area contributed by atoms with E-state index in [1.54, 1.807) is 12.4 Å². The van der Waals surface area contributed by atoms with E-state index in [1.165, 1.54) is 0 Å². The zero-order valence-electron chi connectivity index (χ0n) is 10.5. The van der Waals surface area contributed by atoms with E-state index in [1.807, 2.05) is 19.1 Å². The summed E-state index contributed by atoms with van der Waals surface area (Å²) in [6, 6.07) is 3.43. The third-order valence-electron chi connectivity index (χ3n) is 3.24. The van der Waals surface area contributed by atoms with Gasteiger partial charge in [-0.2, -0.15) is 0 Å². The Bertz CT molecular complexity index is 469. The molecule has 6 heteroatoms. The molecule has 0 amide bonds. The van der Waals surface area contributed by atoms with Crippen LogP contribution >= 0.6 is 0 Å². The molecule has 0 bridgehead atoms. The van der Waals surface area contributed by atoms with Crippen molar-refractivity contribution in [1.29, 1.82) is 0 Å². The highest BCUT2D eigenvalue weighted by Gasteiger charge is 2.28. The number of hydrogen-bond donors (Lipinski definition) is 2. The highest BCUT2D eigenvalue weighted by atomic mass is 32.2. The Morgan fingerprint density at radius 1 is 1.44 bits per heavy atom. The van der Waals surface area contributed by atoms with Crippen molar-refractivity contribution in [2.75, 3.05) is 13.1 Å². The van der Waals surface area contributed by atoms with Gasteiger partial charge in [-0.3, -0.25) is 4.98 Å². The topological polar surface area (TPSA) is 71.1 Å². The SMILES string of the molecule is CC(NS(=O)(=O)C1CCCNC1)c1ccncc1. The van der Waals surface area contributed by atoms with Crippen LogP contribution in [0, 0.1) is 0 Å². The molecule has 2 N–H and O–H groups in total. The minimum Gasteiger partial charge on any atom is -0.315 e. The molecule has 2 atom stereocenters. The second-order valence-electron chi connectivity index (χ2n) is 4.63. The molecule has 1 aromatic heterocycles. The third-order valence-corrected chi connectivity index (χ3v) is 5.20. The molecule has 5 nitrogen and oxygen atoms in total. The van der Waals surface area contributed by atoms with Crippen LogP contribution in [0.2, 0.25) is 0 Å². The minimum atomic E-state index is -3.26. The van der Waals surface area contributed by atoms with Crippen molar-refractivity contribution in [3.8, 4) is 0 Å². The van der Waals surface area contributed by atoms with Crippen LogP contribution in [0.15, 0.2) is 24.5 Å². The van der Waals surface area contributed by atoms with E-state index in [2.05, 4.69) is 15.0 Å². The Kier molecular flexibility index (Phi) is 4.31. The van der Waals surface area contributed by atoms with Crippen LogP contribution in [-0.2, 0) is 10.0 Å². The maximum Gasteiger partial charge on any atom is 0.216 e. The molecule has 0 aromatic carbocycles. The lowest BCUT2D eigenvalue weighted by atomic mass is 10.1.